The minimum Gasteiger partial charge on any atom is -0.381 e. The van der Waals surface area contributed by atoms with Crippen molar-refractivity contribution in [3.8, 4) is 0 Å². The lowest BCUT2D eigenvalue weighted by atomic mass is 10.0. The molecular formula is C14H19N5O2. The number of aromatic amines is 1. The van der Waals surface area contributed by atoms with Crippen LogP contribution in [0.15, 0.2) is 24.7 Å². The number of rotatable bonds is 5. The molecule has 0 saturated carbocycles. The first-order chi connectivity index (χ1) is 10.2. The fourth-order valence-corrected chi connectivity index (χ4v) is 2.59. The van der Waals surface area contributed by atoms with Crippen LogP contribution >= 0.6 is 0 Å². The second kappa shape index (κ2) is 6.09. The summed E-state index contributed by atoms with van der Waals surface area (Å²) in [6, 6.07) is 1.85. The highest BCUT2D eigenvalue weighted by molar-refractivity contribution is 5.95. The Morgan fingerprint density at radius 1 is 1.67 bits per heavy atom. The third-order valence-corrected chi connectivity index (χ3v) is 3.65. The molecule has 1 fully saturated rings. The Bertz CT molecular complexity index is 586. The quantitative estimate of drug-likeness (QED) is 0.857. The number of nitrogens with one attached hydrogen (secondary N) is 2. The zero-order valence-corrected chi connectivity index (χ0v) is 12.0. The fourth-order valence-electron chi connectivity index (χ4n) is 2.59. The molecule has 2 aromatic rings. The molecule has 2 atom stereocenters. The van der Waals surface area contributed by atoms with E-state index >= 15 is 0 Å². The Kier molecular flexibility index (Phi) is 4.01. The summed E-state index contributed by atoms with van der Waals surface area (Å²) < 4.78 is 7.17. The Morgan fingerprint density at radius 2 is 2.57 bits per heavy atom. The summed E-state index contributed by atoms with van der Waals surface area (Å²) in [7, 11) is 0. The van der Waals surface area contributed by atoms with Gasteiger partial charge in [0.25, 0.3) is 5.91 Å². The van der Waals surface area contributed by atoms with E-state index in [0.717, 1.165) is 18.7 Å². The monoisotopic (exact) mass is 289 g/mol. The normalized spacial score (nSPS) is 19.6. The first-order valence-corrected chi connectivity index (χ1v) is 7.13. The van der Waals surface area contributed by atoms with Gasteiger partial charge in [0.15, 0.2) is 0 Å². The van der Waals surface area contributed by atoms with Crippen molar-refractivity contribution in [2.45, 2.75) is 31.8 Å². The highest BCUT2D eigenvalue weighted by atomic mass is 16.5. The Hall–Kier alpha value is -2.15. The van der Waals surface area contributed by atoms with Gasteiger partial charge in [-0.3, -0.25) is 14.6 Å². The van der Waals surface area contributed by atoms with Crippen LogP contribution in [0, 0.1) is 0 Å². The van der Waals surface area contributed by atoms with Crippen LogP contribution in [-0.4, -0.2) is 45.1 Å². The van der Waals surface area contributed by atoms with Gasteiger partial charge in [-0.2, -0.15) is 10.2 Å². The Labute approximate surface area is 122 Å². The van der Waals surface area contributed by atoms with E-state index in [2.05, 4.69) is 20.6 Å². The molecule has 0 radical (unpaired) electrons. The molecule has 1 aliphatic heterocycles. The maximum absolute atomic E-state index is 12.4. The maximum atomic E-state index is 12.4. The summed E-state index contributed by atoms with van der Waals surface area (Å²) in [5.41, 5.74) is 1.48. The van der Waals surface area contributed by atoms with Crippen LogP contribution in [0.2, 0.25) is 0 Å². The van der Waals surface area contributed by atoms with Gasteiger partial charge in [-0.05, 0) is 19.4 Å². The lowest BCUT2D eigenvalue weighted by Crippen LogP contribution is -2.36. The van der Waals surface area contributed by atoms with Crippen molar-refractivity contribution in [1.29, 1.82) is 0 Å². The maximum Gasteiger partial charge on any atom is 0.255 e. The predicted molar refractivity (Wildman–Crippen MR) is 75.9 cm³/mol. The molecule has 3 rings (SSSR count). The van der Waals surface area contributed by atoms with Crippen LogP contribution in [0.1, 0.15) is 35.3 Å². The average molecular weight is 289 g/mol. The van der Waals surface area contributed by atoms with Crippen LogP contribution < -0.4 is 5.32 Å². The van der Waals surface area contributed by atoms with Crippen molar-refractivity contribution < 1.29 is 9.53 Å². The molecule has 2 aromatic heterocycles. The molecule has 7 heteroatoms. The molecule has 21 heavy (non-hydrogen) atoms. The molecule has 0 aromatic carbocycles. The zero-order valence-electron chi connectivity index (χ0n) is 12.0. The predicted octanol–water partition coefficient (Wildman–Crippen LogP) is 0.929. The highest BCUT2D eigenvalue weighted by Crippen LogP contribution is 2.26. The van der Waals surface area contributed by atoms with Gasteiger partial charge in [-0.1, -0.05) is 0 Å². The number of ether oxygens (including phenoxy) is 1. The summed E-state index contributed by atoms with van der Waals surface area (Å²) >= 11 is 0. The molecule has 0 bridgehead atoms. The standard InChI is InChI=1S/C14H19N5O2/c1-10(8-19-5-2-4-16-19)17-14(20)12-7-15-18-13(12)11-3-6-21-9-11/h2,4-5,7,10-11H,3,6,8-9H2,1H3,(H,15,18)(H,17,20)/t10-,11-/m0/s1. The molecular weight excluding hydrogens is 270 g/mol. The summed E-state index contributed by atoms with van der Waals surface area (Å²) in [5.74, 6) is 0.125. The smallest absolute Gasteiger partial charge is 0.255 e. The van der Waals surface area contributed by atoms with Crippen molar-refractivity contribution in [3.05, 3.63) is 35.9 Å². The SMILES string of the molecule is C[C@@H](Cn1cccn1)NC(=O)c1cn[nH]c1[C@H]1CCOC1. The van der Waals surface area contributed by atoms with E-state index in [1.807, 2.05) is 19.2 Å². The minimum atomic E-state index is -0.106. The van der Waals surface area contributed by atoms with Crippen LogP contribution in [0.4, 0.5) is 0 Å². The van der Waals surface area contributed by atoms with Crippen LogP contribution in [-0.2, 0) is 11.3 Å². The molecule has 3 heterocycles. The molecule has 1 saturated heterocycles. The Morgan fingerprint density at radius 3 is 3.29 bits per heavy atom. The van der Waals surface area contributed by atoms with E-state index in [1.54, 1.807) is 17.1 Å². The molecule has 1 amide bonds. The number of carbonyl (C=O) groups is 1. The largest absolute Gasteiger partial charge is 0.381 e. The molecule has 7 nitrogen and oxygen atoms in total. The highest BCUT2D eigenvalue weighted by Gasteiger charge is 2.25. The van der Waals surface area contributed by atoms with Crippen LogP contribution in [0.25, 0.3) is 0 Å². The Balaban J connectivity index is 1.64. The molecule has 2 N–H and O–H groups in total. The van der Waals surface area contributed by atoms with Gasteiger partial charge in [0.1, 0.15) is 0 Å². The van der Waals surface area contributed by atoms with Crippen molar-refractivity contribution in [2.75, 3.05) is 13.2 Å². The van der Waals surface area contributed by atoms with Gasteiger partial charge in [0.05, 0.1) is 30.6 Å². The van der Waals surface area contributed by atoms with E-state index in [1.165, 1.54) is 0 Å². The third-order valence-electron chi connectivity index (χ3n) is 3.65. The lowest BCUT2D eigenvalue weighted by molar-refractivity contribution is 0.0934. The third kappa shape index (κ3) is 3.13. The zero-order chi connectivity index (χ0) is 14.7. The van der Waals surface area contributed by atoms with Crippen molar-refractivity contribution in [2.24, 2.45) is 0 Å². The minimum absolute atomic E-state index is 0.0139. The first-order valence-electron chi connectivity index (χ1n) is 7.13. The summed E-state index contributed by atoms with van der Waals surface area (Å²) in [6.45, 7) is 3.97. The lowest BCUT2D eigenvalue weighted by Gasteiger charge is -2.15. The van der Waals surface area contributed by atoms with Gasteiger partial charge in [0, 0.05) is 31.0 Å². The van der Waals surface area contributed by atoms with E-state index in [9.17, 15) is 4.79 Å². The first kappa shape index (κ1) is 13.8. The van der Waals surface area contributed by atoms with Crippen LogP contribution in [0.5, 0.6) is 0 Å². The number of carbonyl (C=O) groups excluding carboxylic acids is 1. The van der Waals surface area contributed by atoms with Crippen molar-refractivity contribution in [1.82, 2.24) is 25.3 Å². The number of aromatic nitrogens is 4. The van der Waals surface area contributed by atoms with Gasteiger partial charge in [-0.15, -0.1) is 0 Å². The van der Waals surface area contributed by atoms with Gasteiger partial charge in [-0.25, -0.2) is 0 Å². The summed E-state index contributed by atoms with van der Waals surface area (Å²) in [5, 5.41) is 14.1. The molecule has 0 aliphatic carbocycles. The number of H-pyrrole nitrogens is 1. The topological polar surface area (TPSA) is 84.8 Å². The van der Waals surface area contributed by atoms with Crippen molar-refractivity contribution in [3.63, 3.8) is 0 Å². The molecule has 0 unspecified atom stereocenters. The van der Waals surface area contributed by atoms with Gasteiger partial charge < -0.3 is 10.1 Å². The van der Waals surface area contributed by atoms with E-state index in [-0.39, 0.29) is 17.9 Å². The average Bonchev–Trinajstić information content (AvgIpc) is 3.20. The molecule has 0 spiro atoms. The van der Waals surface area contributed by atoms with Crippen molar-refractivity contribution >= 4 is 5.91 Å². The van der Waals surface area contributed by atoms with E-state index < -0.39 is 0 Å². The number of hydrogen-bond donors (Lipinski definition) is 2. The van der Waals surface area contributed by atoms with Gasteiger partial charge in [0.2, 0.25) is 0 Å². The van der Waals surface area contributed by atoms with E-state index in [4.69, 9.17) is 4.74 Å². The second-order valence-corrected chi connectivity index (χ2v) is 5.36. The number of hydrogen-bond acceptors (Lipinski definition) is 4. The number of nitrogens with zero attached hydrogens (tertiary/aromatic N) is 3. The summed E-state index contributed by atoms with van der Waals surface area (Å²) in [6.07, 6.45) is 6.11. The molecule has 1 aliphatic rings. The van der Waals surface area contributed by atoms with Crippen LogP contribution in [0.3, 0.4) is 0 Å². The van der Waals surface area contributed by atoms with Gasteiger partial charge >= 0.3 is 0 Å². The fraction of sp³-hybridized carbons (Fsp3) is 0.500. The second-order valence-electron chi connectivity index (χ2n) is 5.36. The number of amides is 1. The van der Waals surface area contributed by atoms with E-state index in [0.29, 0.717) is 18.7 Å². The summed E-state index contributed by atoms with van der Waals surface area (Å²) in [4.78, 5) is 12.4. The molecule has 112 valence electrons.